The van der Waals surface area contributed by atoms with Gasteiger partial charge in [-0.1, -0.05) is 20.8 Å². The highest BCUT2D eigenvalue weighted by molar-refractivity contribution is 5.69. The lowest BCUT2D eigenvalue weighted by Gasteiger charge is -2.54. The summed E-state index contributed by atoms with van der Waals surface area (Å²) in [5.74, 6) is 3.75. The lowest BCUT2D eigenvalue weighted by atomic mass is 9.51. The van der Waals surface area contributed by atoms with Gasteiger partial charge in [0, 0.05) is 18.9 Å². The molecule has 4 bridgehead atoms. The van der Waals surface area contributed by atoms with E-state index in [1.54, 1.807) is 0 Å². The minimum absolute atomic E-state index is 0.0318. The van der Waals surface area contributed by atoms with Crippen molar-refractivity contribution in [3.05, 3.63) is 0 Å². The van der Waals surface area contributed by atoms with E-state index in [1.165, 1.54) is 32.1 Å². The second-order valence-electron chi connectivity index (χ2n) is 9.88. The molecule has 1 unspecified atom stereocenters. The van der Waals surface area contributed by atoms with Crippen LogP contribution in [0.2, 0.25) is 0 Å². The number of nitrogens with zero attached hydrogens (tertiary/aromatic N) is 1. The summed E-state index contributed by atoms with van der Waals surface area (Å²) in [4.78, 5) is 26.4. The van der Waals surface area contributed by atoms with Crippen LogP contribution in [0.25, 0.3) is 0 Å². The molecule has 0 aliphatic heterocycles. The first kappa shape index (κ1) is 23.4. The van der Waals surface area contributed by atoms with E-state index in [9.17, 15) is 9.59 Å². The van der Waals surface area contributed by atoms with Gasteiger partial charge >= 0.3 is 12.1 Å². The average molecular weight is 424 g/mol. The van der Waals surface area contributed by atoms with Gasteiger partial charge in [-0.2, -0.15) is 0 Å². The van der Waals surface area contributed by atoms with Crippen molar-refractivity contribution < 1.29 is 23.8 Å². The predicted octanol–water partition coefficient (Wildman–Crippen LogP) is 4.51. The van der Waals surface area contributed by atoms with E-state index < -0.39 is 6.16 Å². The van der Waals surface area contributed by atoms with Crippen molar-refractivity contribution in [1.29, 1.82) is 0 Å². The third-order valence-corrected chi connectivity index (χ3v) is 7.57. The third kappa shape index (κ3) is 6.60. The number of carbonyl (C=O) groups is 2. The van der Waals surface area contributed by atoms with Crippen molar-refractivity contribution in [2.45, 2.75) is 65.7 Å². The van der Waals surface area contributed by atoms with Gasteiger partial charge in [0.25, 0.3) is 0 Å². The Kier molecular flexibility index (Phi) is 8.84. The first-order valence-corrected chi connectivity index (χ1v) is 12.2. The Hall–Kier alpha value is -1.30. The van der Waals surface area contributed by atoms with Crippen LogP contribution in [0.3, 0.4) is 0 Å². The maximum absolute atomic E-state index is 12.4. The van der Waals surface area contributed by atoms with E-state index >= 15 is 0 Å². The second kappa shape index (κ2) is 11.4. The molecule has 30 heavy (non-hydrogen) atoms. The first-order chi connectivity index (χ1) is 14.5. The van der Waals surface area contributed by atoms with E-state index in [0.29, 0.717) is 25.6 Å². The van der Waals surface area contributed by atoms with Crippen LogP contribution < -0.4 is 0 Å². The molecule has 4 aliphatic carbocycles. The van der Waals surface area contributed by atoms with Gasteiger partial charge in [0.15, 0.2) is 0 Å². The highest BCUT2D eigenvalue weighted by atomic mass is 16.7. The smallest absolute Gasteiger partial charge is 0.465 e. The predicted molar refractivity (Wildman–Crippen MR) is 115 cm³/mol. The number of carbonyl (C=O) groups excluding carboxylic acids is 2. The molecule has 1 atom stereocenters. The Morgan fingerprint density at radius 2 is 1.50 bits per heavy atom. The standard InChI is InChI=1S/C24H41NO5/c1-4-25(5-2)7-6-8-28-24(27)30-16-17(3)15-29-23(26)14-22-20-10-18-9-19(12-20)13-21(22)11-18/h17-22H,4-16H2,1-3H3. The van der Waals surface area contributed by atoms with Crippen LogP contribution in [0.15, 0.2) is 0 Å². The Labute approximate surface area is 182 Å². The summed E-state index contributed by atoms with van der Waals surface area (Å²) in [6, 6.07) is 0. The Balaban J connectivity index is 1.24. The van der Waals surface area contributed by atoms with Gasteiger partial charge in [0.2, 0.25) is 0 Å². The minimum atomic E-state index is -0.638. The maximum atomic E-state index is 12.4. The van der Waals surface area contributed by atoms with Crippen molar-refractivity contribution in [2.24, 2.45) is 35.5 Å². The van der Waals surface area contributed by atoms with Crippen LogP contribution in [-0.4, -0.2) is 56.5 Å². The maximum Gasteiger partial charge on any atom is 0.508 e. The highest BCUT2D eigenvalue weighted by Crippen LogP contribution is 2.57. The fraction of sp³-hybridized carbons (Fsp3) is 0.917. The molecule has 4 saturated carbocycles. The van der Waals surface area contributed by atoms with Crippen LogP contribution >= 0.6 is 0 Å². The molecule has 0 aromatic heterocycles. The molecular weight excluding hydrogens is 382 g/mol. The van der Waals surface area contributed by atoms with Crippen LogP contribution in [-0.2, 0) is 19.0 Å². The Bertz CT molecular complexity index is 534. The van der Waals surface area contributed by atoms with Crippen molar-refractivity contribution in [2.75, 3.05) is 39.5 Å². The Morgan fingerprint density at radius 1 is 0.900 bits per heavy atom. The van der Waals surface area contributed by atoms with Crippen LogP contribution in [0.5, 0.6) is 0 Å². The summed E-state index contributed by atoms with van der Waals surface area (Å²) in [5.41, 5.74) is 0. The molecule has 0 N–H and O–H groups in total. The normalized spacial score (nSPS) is 30.3. The number of hydrogen-bond acceptors (Lipinski definition) is 6. The monoisotopic (exact) mass is 423 g/mol. The van der Waals surface area contributed by atoms with Gasteiger partial charge in [-0.05, 0) is 81.2 Å². The summed E-state index contributed by atoms with van der Waals surface area (Å²) >= 11 is 0. The number of ether oxygens (including phenoxy) is 3. The summed E-state index contributed by atoms with van der Waals surface area (Å²) < 4.78 is 15.8. The minimum Gasteiger partial charge on any atom is -0.465 e. The van der Waals surface area contributed by atoms with E-state index in [-0.39, 0.29) is 18.5 Å². The van der Waals surface area contributed by atoms with Gasteiger partial charge in [-0.3, -0.25) is 4.79 Å². The zero-order valence-electron chi connectivity index (χ0n) is 19.1. The Morgan fingerprint density at radius 3 is 2.10 bits per heavy atom. The molecule has 0 aromatic rings. The van der Waals surface area contributed by atoms with E-state index in [1.807, 2.05) is 6.92 Å². The third-order valence-electron chi connectivity index (χ3n) is 7.57. The summed E-state index contributed by atoms with van der Waals surface area (Å²) in [5, 5.41) is 0. The molecule has 6 heteroatoms. The molecule has 172 valence electrons. The molecular formula is C24H41NO5. The molecule has 0 radical (unpaired) electrons. The first-order valence-electron chi connectivity index (χ1n) is 12.2. The quantitative estimate of drug-likeness (QED) is 0.340. The van der Waals surface area contributed by atoms with Crippen molar-refractivity contribution in [3.8, 4) is 0 Å². The van der Waals surface area contributed by atoms with Crippen LogP contribution in [0.4, 0.5) is 4.79 Å². The zero-order valence-corrected chi connectivity index (χ0v) is 19.1. The number of hydrogen-bond donors (Lipinski definition) is 0. The summed E-state index contributed by atoms with van der Waals surface area (Å²) in [7, 11) is 0. The molecule has 0 amide bonds. The van der Waals surface area contributed by atoms with Crippen molar-refractivity contribution in [1.82, 2.24) is 4.90 Å². The summed E-state index contributed by atoms with van der Waals surface area (Å²) in [6.07, 6.45) is 7.46. The molecule has 4 fully saturated rings. The molecule has 4 rings (SSSR count). The fourth-order valence-corrected chi connectivity index (χ4v) is 6.14. The molecule has 0 aromatic carbocycles. The van der Waals surface area contributed by atoms with Crippen LogP contribution in [0.1, 0.15) is 65.7 Å². The number of esters is 1. The molecule has 0 heterocycles. The lowest BCUT2D eigenvalue weighted by Crippen LogP contribution is -2.45. The van der Waals surface area contributed by atoms with E-state index in [4.69, 9.17) is 14.2 Å². The fourth-order valence-electron chi connectivity index (χ4n) is 6.14. The SMILES string of the molecule is CCN(CC)CCCOC(=O)OCC(C)COC(=O)CC1C2CC3CC(C2)CC1C3. The molecule has 4 aliphatic rings. The molecule has 0 spiro atoms. The second-order valence-corrected chi connectivity index (χ2v) is 9.88. The van der Waals surface area contributed by atoms with Crippen molar-refractivity contribution in [3.63, 3.8) is 0 Å². The van der Waals surface area contributed by atoms with E-state index in [0.717, 1.165) is 49.7 Å². The van der Waals surface area contributed by atoms with Crippen molar-refractivity contribution >= 4 is 12.1 Å². The average Bonchev–Trinajstić information content (AvgIpc) is 2.73. The zero-order chi connectivity index (χ0) is 21.5. The van der Waals surface area contributed by atoms with Gasteiger partial charge in [0.1, 0.15) is 6.61 Å². The number of rotatable bonds is 12. The van der Waals surface area contributed by atoms with Gasteiger partial charge in [-0.15, -0.1) is 0 Å². The van der Waals surface area contributed by atoms with Gasteiger partial charge < -0.3 is 19.1 Å². The highest BCUT2D eigenvalue weighted by Gasteiger charge is 2.48. The van der Waals surface area contributed by atoms with Gasteiger partial charge in [-0.25, -0.2) is 4.79 Å². The van der Waals surface area contributed by atoms with Gasteiger partial charge in [0.05, 0.1) is 13.2 Å². The lowest BCUT2D eigenvalue weighted by molar-refractivity contribution is -0.150. The summed E-state index contributed by atoms with van der Waals surface area (Å²) in [6.45, 7) is 9.94. The van der Waals surface area contributed by atoms with E-state index in [2.05, 4.69) is 18.7 Å². The molecule has 0 saturated heterocycles. The molecule has 6 nitrogen and oxygen atoms in total. The largest absolute Gasteiger partial charge is 0.508 e. The van der Waals surface area contributed by atoms with Crippen LogP contribution in [0, 0.1) is 35.5 Å². The topological polar surface area (TPSA) is 65.1 Å².